The molecule has 33 heavy (non-hydrogen) atoms. The van der Waals surface area contributed by atoms with E-state index in [2.05, 4.69) is 45.6 Å². The second-order valence-electron chi connectivity index (χ2n) is 8.53. The Morgan fingerprint density at radius 2 is 2.03 bits per heavy atom. The van der Waals surface area contributed by atoms with Gasteiger partial charge in [0, 0.05) is 24.5 Å². The Hall–Kier alpha value is -2.97. The molecule has 2 N–H and O–H groups in total. The van der Waals surface area contributed by atoms with Crippen molar-refractivity contribution in [3.63, 3.8) is 0 Å². The Balaban J connectivity index is 1.30. The van der Waals surface area contributed by atoms with E-state index in [0.29, 0.717) is 34.7 Å². The molecule has 1 fully saturated rings. The number of amides is 2. The van der Waals surface area contributed by atoms with E-state index in [1.165, 1.54) is 42.4 Å². The maximum atomic E-state index is 12.5. The Morgan fingerprint density at radius 1 is 1.21 bits per heavy atom. The van der Waals surface area contributed by atoms with Crippen molar-refractivity contribution in [3.8, 4) is 0 Å². The summed E-state index contributed by atoms with van der Waals surface area (Å²) in [7, 11) is 0. The summed E-state index contributed by atoms with van der Waals surface area (Å²) in [5, 5.41) is 8.04. The molecule has 8 heteroatoms. The summed E-state index contributed by atoms with van der Waals surface area (Å²) in [4.78, 5) is 31.7. The number of nitrogens with one attached hydrogen (secondary N) is 2. The van der Waals surface area contributed by atoms with Gasteiger partial charge >= 0.3 is 0 Å². The molecule has 3 heterocycles. The van der Waals surface area contributed by atoms with Crippen LogP contribution >= 0.6 is 11.3 Å². The smallest absolute Gasteiger partial charge is 0.260 e. The van der Waals surface area contributed by atoms with Gasteiger partial charge in [0.1, 0.15) is 5.76 Å². The van der Waals surface area contributed by atoms with Crippen LogP contribution in [0.5, 0.6) is 0 Å². The molecule has 7 nitrogen and oxygen atoms in total. The number of hydrogen-bond acceptors (Lipinski definition) is 6. The van der Waals surface area contributed by atoms with Crippen LogP contribution in [-0.4, -0.2) is 34.3 Å². The van der Waals surface area contributed by atoms with Gasteiger partial charge in [-0.15, -0.1) is 11.3 Å². The molecule has 1 aromatic carbocycles. The summed E-state index contributed by atoms with van der Waals surface area (Å²) >= 11 is 1.30. The number of rotatable bonds is 8. The standard InChI is InChI=1S/C25H30N4O3S/c1-17-7-5-6-11-29(17)15-20-9-4-3-8-19(20)14-26-23(30)13-21-16-33-25(27-21)28-24(31)22-10-12-32-18(22)2/h3-4,8-10,12,16-17H,5-7,11,13-15H2,1-2H3,(H,26,30)(H,27,28,31). The van der Waals surface area contributed by atoms with Crippen molar-refractivity contribution in [1.82, 2.24) is 15.2 Å². The van der Waals surface area contributed by atoms with Crippen molar-refractivity contribution in [2.75, 3.05) is 11.9 Å². The first-order chi connectivity index (χ1) is 16.0. The van der Waals surface area contributed by atoms with Crippen LogP contribution in [0.1, 0.15) is 59.1 Å². The van der Waals surface area contributed by atoms with Crippen molar-refractivity contribution in [2.45, 2.75) is 58.7 Å². The van der Waals surface area contributed by atoms with Gasteiger partial charge in [-0.25, -0.2) is 4.98 Å². The first kappa shape index (κ1) is 23.2. The van der Waals surface area contributed by atoms with Crippen LogP contribution in [0.4, 0.5) is 5.13 Å². The lowest BCUT2D eigenvalue weighted by atomic mass is 10.0. The normalized spacial score (nSPS) is 16.5. The molecule has 0 aliphatic carbocycles. The molecule has 1 unspecified atom stereocenters. The van der Waals surface area contributed by atoms with Crippen LogP contribution in [0.3, 0.4) is 0 Å². The summed E-state index contributed by atoms with van der Waals surface area (Å²) in [5.74, 6) is 0.190. The lowest BCUT2D eigenvalue weighted by molar-refractivity contribution is -0.120. The number of carbonyl (C=O) groups excluding carboxylic acids is 2. The predicted molar refractivity (Wildman–Crippen MR) is 129 cm³/mol. The highest BCUT2D eigenvalue weighted by molar-refractivity contribution is 7.14. The lowest BCUT2D eigenvalue weighted by Crippen LogP contribution is -2.37. The maximum absolute atomic E-state index is 12.5. The summed E-state index contributed by atoms with van der Waals surface area (Å²) in [6.45, 7) is 6.57. The highest BCUT2D eigenvalue weighted by atomic mass is 32.1. The molecule has 0 spiro atoms. The van der Waals surface area contributed by atoms with E-state index in [1.807, 2.05) is 6.07 Å². The first-order valence-electron chi connectivity index (χ1n) is 11.4. The van der Waals surface area contributed by atoms with E-state index in [0.717, 1.165) is 18.7 Å². The zero-order valence-electron chi connectivity index (χ0n) is 19.1. The number of aromatic nitrogens is 1. The van der Waals surface area contributed by atoms with Crippen LogP contribution < -0.4 is 10.6 Å². The zero-order valence-corrected chi connectivity index (χ0v) is 19.9. The highest BCUT2D eigenvalue weighted by Gasteiger charge is 2.19. The van der Waals surface area contributed by atoms with Crippen molar-refractivity contribution < 1.29 is 14.0 Å². The quantitative estimate of drug-likeness (QED) is 0.509. The van der Waals surface area contributed by atoms with Crippen LogP contribution in [0.25, 0.3) is 0 Å². The van der Waals surface area contributed by atoms with Crippen LogP contribution in [0.15, 0.2) is 46.4 Å². The van der Waals surface area contributed by atoms with Gasteiger partial charge in [0.15, 0.2) is 5.13 Å². The molecule has 0 radical (unpaired) electrons. The van der Waals surface area contributed by atoms with Crippen LogP contribution in [0.2, 0.25) is 0 Å². The molecular formula is C25H30N4O3S. The fraction of sp³-hybridized carbons (Fsp3) is 0.400. The summed E-state index contributed by atoms with van der Waals surface area (Å²) in [6, 6.07) is 10.5. The minimum Gasteiger partial charge on any atom is -0.469 e. The Morgan fingerprint density at radius 3 is 2.79 bits per heavy atom. The van der Waals surface area contributed by atoms with Gasteiger partial charge in [-0.2, -0.15) is 0 Å². The third-order valence-electron chi connectivity index (χ3n) is 6.13. The fourth-order valence-corrected chi connectivity index (χ4v) is 4.85. The average Bonchev–Trinajstić information content (AvgIpc) is 3.43. The SMILES string of the molecule is Cc1occc1C(=O)Nc1nc(CC(=O)NCc2ccccc2CN2CCCCC2C)cs1. The number of anilines is 1. The van der Waals surface area contributed by atoms with Gasteiger partial charge in [-0.05, 0) is 50.4 Å². The molecule has 1 atom stereocenters. The number of benzene rings is 1. The van der Waals surface area contributed by atoms with Crippen LogP contribution in [0, 0.1) is 6.92 Å². The van der Waals surface area contributed by atoms with Gasteiger partial charge in [0.2, 0.25) is 5.91 Å². The van der Waals surface area contributed by atoms with Crippen molar-refractivity contribution in [1.29, 1.82) is 0 Å². The number of carbonyl (C=O) groups is 2. The van der Waals surface area contributed by atoms with E-state index in [4.69, 9.17) is 4.42 Å². The Bertz CT molecular complexity index is 1110. The van der Waals surface area contributed by atoms with E-state index < -0.39 is 0 Å². The monoisotopic (exact) mass is 466 g/mol. The largest absolute Gasteiger partial charge is 0.469 e. The third kappa shape index (κ3) is 6.09. The number of nitrogens with zero attached hydrogens (tertiary/aromatic N) is 2. The molecule has 0 saturated carbocycles. The van der Waals surface area contributed by atoms with E-state index in [9.17, 15) is 9.59 Å². The summed E-state index contributed by atoms with van der Waals surface area (Å²) < 4.78 is 5.17. The number of aryl methyl sites for hydroxylation is 1. The predicted octanol–water partition coefficient (Wildman–Crippen LogP) is 4.53. The molecule has 0 bridgehead atoms. The van der Waals surface area contributed by atoms with Gasteiger partial charge < -0.3 is 9.73 Å². The zero-order chi connectivity index (χ0) is 23.2. The second kappa shape index (κ2) is 10.8. The lowest BCUT2D eigenvalue weighted by Gasteiger charge is -2.33. The molecule has 1 aliphatic heterocycles. The number of hydrogen-bond donors (Lipinski definition) is 2. The molecule has 1 aliphatic rings. The number of thiazole rings is 1. The van der Waals surface area contributed by atoms with Gasteiger partial charge in [-0.3, -0.25) is 19.8 Å². The molecule has 174 valence electrons. The van der Waals surface area contributed by atoms with Gasteiger partial charge in [-0.1, -0.05) is 30.7 Å². The highest BCUT2D eigenvalue weighted by Crippen LogP contribution is 2.21. The number of furan rings is 1. The third-order valence-corrected chi connectivity index (χ3v) is 6.93. The van der Waals surface area contributed by atoms with E-state index >= 15 is 0 Å². The van der Waals surface area contributed by atoms with Gasteiger partial charge in [0.25, 0.3) is 5.91 Å². The van der Waals surface area contributed by atoms with E-state index in [-0.39, 0.29) is 18.2 Å². The molecular weight excluding hydrogens is 436 g/mol. The summed E-state index contributed by atoms with van der Waals surface area (Å²) in [5.41, 5.74) is 3.51. The minimum atomic E-state index is -0.272. The number of likely N-dealkylation sites (tertiary alicyclic amines) is 1. The molecule has 2 aromatic heterocycles. The molecule has 3 aromatic rings. The number of piperidine rings is 1. The summed E-state index contributed by atoms with van der Waals surface area (Å²) in [6.07, 6.45) is 5.45. The Kier molecular flexibility index (Phi) is 7.57. The molecule has 2 amide bonds. The van der Waals surface area contributed by atoms with E-state index in [1.54, 1.807) is 18.4 Å². The average molecular weight is 467 g/mol. The van der Waals surface area contributed by atoms with Gasteiger partial charge in [0.05, 0.1) is 23.9 Å². The first-order valence-corrected chi connectivity index (χ1v) is 12.2. The molecule has 4 rings (SSSR count). The minimum absolute atomic E-state index is 0.0926. The molecule has 1 saturated heterocycles. The van der Waals surface area contributed by atoms with Crippen molar-refractivity contribution >= 4 is 28.3 Å². The Labute approximate surface area is 198 Å². The fourth-order valence-electron chi connectivity index (χ4n) is 4.15. The topological polar surface area (TPSA) is 87.5 Å². The van der Waals surface area contributed by atoms with Crippen molar-refractivity contribution in [3.05, 3.63) is 70.1 Å². The van der Waals surface area contributed by atoms with Crippen molar-refractivity contribution in [2.24, 2.45) is 0 Å². The maximum Gasteiger partial charge on any atom is 0.260 e. The second-order valence-corrected chi connectivity index (χ2v) is 9.38. The van der Waals surface area contributed by atoms with Crippen LogP contribution in [-0.2, 0) is 24.3 Å².